The van der Waals surface area contributed by atoms with Gasteiger partial charge >= 0.3 is 0 Å². The third-order valence-corrected chi connectivity index (χ3v) is 7.98. The predicted octanol–water partition coefficient (Wildman–Crippen LogP) is 5.40. The monoisotopic (exact) mass is 633 g/mol. The minimum Gasteiger partial charge on any atom is -0.496 e. The van der Waals surface area contributed by atoms with E-state index in [1.54, 1.807) is 73.7 Å². The zero-order chi connectivity index (χ0) is 31.6. The first-order valence-electron chi connectivity index (χ1n) is 13.3. The molecular weight excluding hydrogens is 603 g/mol. The molecule has 0 fully saturated rings. The third-order valence-electron chi connectivity index (χ3n) is 6.11. The molecule has 228 valence electrons. The molecule has 13 heteroatoms. The maximum Gasteiger partial charge on any atom is 0.272 e. The van der Waals surface area contributed by atoms with Crippen molar-refractivity contribution in [1.29, 1.82) is 0 Å². The maximum absolute atomic E-state index is 13.5. The summed E-state index contributed by atoms with van der Waals surface area (Å²) in [6, 6.07) is 18.9. The smallest absolute Gasteiger partial charge is 0.272 e. The number of hydrogen-bond donors (Lipinski definition) is 3. The van der Waals surface area contributed by atoms with Crippen LogP contribution < -0.4 is 30.2 Å². The predicted molar refractivity (Wildman–Crippen MR) is 172 cm³/mol. The Hall–Kier alpha value is -4.88. The van der Waals surface area contributed by atoms with Crippen LogP contribution in [0, 0.1) is 6.92 Å². The van der Waals surface area contributed by atoms with Gasteiger partial charge in [-0.3, -0.25) is 19.7 Å². The molecule has 1 unspecified atom stereocenters. The Bertz CT molecular complexity index is 1660. The van der Waals surface area contributed by atoms with Crippen molar-refractivity contribution in [3.8, 4) is 17.2 Å². The van der Waals surface area contributed by atoms with Crippen molar-refractivity contribution in [3.05, 3.63) is 88.6 Å². The zero-order valence-electron chi connectivity index (χ0n) is 24.7. The minimum absolute atomic E-state index is 0.0277. The number of carbonyl (C=O) groups is 3. The Morgan fingerprint density at radius 3 is 2.14 bits per heavy atom. The molecular formula is C31H31N5O6S2. The van der Waals surface area contributed by atoms with Crippen molar-refractivity contribution in [2.45, 2.75) is 24.0 Å². The molecule has 1 aromatic heterocycles. The molecule has 3 N–H and O–H groups in total. The molecule has 1 heterocycles. The van der Waals surface area contributed by atoms with Gasteiger partial charge in [-0.15, -0.1) is 22.0 Å². The molecule has 0 spiro atoms. The molecule has 0 aliphatic rings. The third kappa shape index (κ3) is 8.36. The van der Waals surface area contributed by atoms with Gasteiger partial charge in [-0.25, -0.2) is 0 Å². The van der Waals surface area contributed by atoms with Gasteiger partial charge in [-0.1, -0.05) is 29.5 Å². The Balaban J connectivity index is 1.53. The molecule has 4 aromatic rings. The molecule has 44 heavy (non-hydrogen) atoms. The van der Waals surface area contributed by atoms with Crippen molar-refractivity contribution in [2.24, 2.45) is 0 Å². The summed E-state index contributed by atoms with van der Waals surface area (Å²) in [7, 11) is 4.49. The second-order valence-electron chi connectivity index (χ2n) is 9.18. The van der Waals surface area contributed by atoms with Gasteiger partial charge in [0.25, 0.3) is 11.8 Å². The SMILES string of the molecule is COc1cc(OC)c(OC)cc1/C=C(\NC(=O)c1ccccc1)C(=O)Nc1ccc(SC(C)C(=O)Nc2nnc(C)s2)cc1. The summed E-state index contributed by atoms with van der Waals surface area (Å²) in [5.74, 6) is 0.0468. The lowest BCUT2D eigenvalue weighted by atomic mass is 10.1. The van der Waals surface area contributed by atoms with E-state index in [2.05, 4.69) is 26.1 Å². The molecule has 0 bridgehead atoms. The molecule has 0 saturated carbocycles. The van der Waals surface area contributed by atoms with Crippen molar-refractivity contribution >= 4 is 57.7 Å². The van der Waals surface area contributed by atoms with Crippen LogP contribution in [0.3, 0.4) is 0 Å². The van der Waals surface area contributed by atoms with Crippen LogP contribution in [0.1, 0.15) is 27.9 Å². The van der Waals surface area contributed by atoms with Gasteiger partial charge in [0.1, 0.15) is 16.5 Å². The maximum atomic E-state index is 13.5. The summed E-state index contributed by atoms with van der Waals surface area (Å²) in [6.07, 6.45) is 1.50. The van der Waals surface area contributed by atoms with Crippen LogP contribution in [0.25, 0.3) is 6.08 Å². The van der Waals surface area contributed by atoms with E-state index in [0.29, 0.717) is 39.2 Å². The van der Waals surface area contributed by atoms with Crippen LogP contribution in [0.15, 0.2) is 77.3 Å². The van der Waals surface area contributed by atoms with Gasteiger partial charge in [0.05, 0.1) is 26.6 Å². The van der Waals surface area contributed by atoms with Gasteiger partial charge in [0.15, 0.2) is 11.5 Å². The number of methoxy groups -OCH3 is 3. The van der Waals surface area contributed by atoms with E-state index in [9.17, 15) is 14.4 Å². The van der Waals surface area contributed by atoms with Gasteiger partial charge < -0.3 is 24.8 Å². The van der Waals surface area contributed by atoms with E-state index in [1.807, 2.05) is 6.92 Å². The standard InChI is InChI=1S/C31H31N5O6S2/c1-18(28(37)34-31-36-35-19(2)44-31)43-23-13-11-22(12-14-23)32-30(39)24(33-29(38)20-9-7-6-8-10-20)15-21-16-26(41-4)27(42-5)17-25(21)40-3/h6-18H,1-5H3,(H,32,39)(H,33,38)(H,34,36,37)/b24-15-. The van der Waals surface area contributed by atoms with Crippen LogP contribution in [0.5, 0.6) is 17.2 Å². The highest BCUT2D eigenvalue weighted by molar-refractivity contribution is 8.00. The molecule has 0 aliphatic heterocycles. The summed E-state index contributed by atoms with van der Waals surface area (Å²) < 4.78 is 16.3. The first kappa shape index (κ1) is 32.0. The Morgan fingerprint density at radius 2 is 1.52 bits per heavy atom. The quantitative estimate of drug-likeness (QED) is 0.138. The number of aromatic nitrogens is 2. The molecule has 3 aromatic carbocycles. The molecule has 4 rings (SSSR count). The zero-order valence-corrected chi connectivity index (χ0v) is 26.3. The van der Waals surface area contributed by atoms with Crippen molar-refractivity contribution in [1.82, 2.24) is 15.5 Å². The number of benzene rings is 3. The number of nitrogens with zero attached hydrogens (tertiary/aromatic N) is 2. The number of hydrogen-bond acceptors (Lipinski definition) is 10. The summed E-state index contributed by atoms with van der Waals surface area (Å²) in [5, 5.41) is 16.9. The fourth-order valence-corrected chi connectivity index (χ4v) is 5.35. The number of amides is 3. The molecule has 0 saturated heterocycles. The van der Waals surface area contributed by atoms with Crippen molar-refractivity contribution in [3.63, 3.8) is 0 Å². The van der Waals surface area contributed by atoms with Gasteiger partial charge in [0.2, 0.25) is 11.0 Å². The fourth-order valence-electron chi connectivity index (χ4n) is 3.89. The highest BCUT2D eigenvalue weighted by Crippen LogP contribution is 2.35. The van der Waals surface area contributed by atoms with Crippen LogP contribution in [0.2, 0.25) is 0 Å². The molecule has 0 radical (unpaired) electrons. The molecule has 3 amide bonds. The first-order chi connectivity index (χ1) is 21.2. The topological polar surface area (TPSA) is 141 Å². The van der Waals surface area contributed by atoms with Crippen LogP contribution in [-0.2, 0) is 9.59 Å². The highest BCUT2D eigenvalue weighted by Gasteiger charge is 2.19. The van der Waals surface area contributed by atoms with E-state index >= 15 is 0 Å². The average Bonchev–Trinajstić information content (AvgIpc) is 3.45. The lowest BCUT2D eigenvalue weighted by Crippen LogP contribution is -2.30. The van der Waals surface area contributed by atoms with E-state index in [0.717, 1.165) is 9.90 Å². The molecule has 1 atom stereocenters. The van der Waals surface area contributed by atoms with Gasteiger partial charge in [-0.2, -0.15) is 0 Å². The lowest BCUT2D eigenvalue weighted by Gasteiger charge is -2.15. The lowest BCUT2D eigenvalue weighted by molar-refractivity contribution is -0.115. The number of anilines is 2. The minimum atomic E-state index is -0.563. The van der Waals surface area contributed by atoms with Gasteiger partial charge in [0, 0.05) is 27.8 Å². The number of ether oxygens (including phenoxy) is 3. The van der Waals surface area contributed by atoms with E-state index in [-0.39, 0.29) is 11.6 Å². The Kier molecular flexibility index (Phi) is 10.9. The van der Waals surface area contributed by atoms with Crippen molar-refractivity contribution in [2.75, 3.05) is 32.0 Å². The molecule has 0 aliphatic carbocycles. The summed E-state index contributed by atoms with van der Waals surface area (Å²) in [5.41, 5.74) is 1.32. The van der Waals surface area contributed by atoms with E-state index < -0.39 is 17.1 Å². The van der Waals surface area contributed by atoms with E-state index in [1.165, 1.54) is 50.5 Å². The summed E-state index contributed by atoms with van der Waals surface area (Å²) >= 11 is 2.66. The average molecular weight is 634 g/mol. The van der Waals surface area contributed by atoms with Crippen molar-refractivity contribution < 1.29 is 28.6 Å². The number of nitrogens with one attached hydrogen (secondary N) is 3. The van der Waals surface area contributed by atoms with Crippen LogP contribution in [0.4, 0.5) is 10.8 Å². The normalized spacial score (nSPS) is 11.7. The van der Waals surface area contributed by atoms with Crippen LogP contribution in [-0.4, -0.2) is 54.5 Å². The Labute approximate surface area is 263 Å². The highest BCUT2D eigenvalue weighted by atomic mass is 32.2. The summed E-state index contributed by atoms with van der Waals surface area (Å²) in [6.45, 7) is 3.60. The van der Waals surface area contributed by atoms with E-state index in [4.69, 9.17) is 14.2 Å². The molecule has 11 nitrogen and oxygen atoms in total. The second kappa shape index (κ2) is 15.0. The number of rotatable bonds is 12. The Morgan fingerprint density at radius 1 is 0.864 bits per heavy atom. The summed E-state index contributed by atoms with van der Waals surface area (Å²) in [4.78, 5) is 40.0. The van der Waals surface area contributed by atoms with Crippen LogP contribution >= 0.6 is 23.1 Å². The number of aryl methyl sites for hydroxylation is 1. The number of carbonyl (C=O) groups excluding carboxylic acids is 3. The second-order valence-corrected chi connectivity index (χ2v) is 11.8. The number of thioether (sulfide) groups is 1. The largest absolute Gasteiger partial charge is 0.496 e. The first-order valence-corrected chi connectivity index (χ1v) is 15.0. The fraction of sp³-hybridized carbons (Fsp3) is 0.194. The van der Waals surface area contributed by atoms with Gasteiger partial charge in [-0.05, 0) is 62.4 Å².